The van der Waals surface area contributed by atoms with Crippen molar-refractivity contribution in [2.75, 3.05) is 19.6 Å². The molecular weight excluding hydrogens is 248 g/mol. The van der Waals surface area contributed by atoms with Crippen molar-refractivity contribution in [3.8, 4) is 0 Å². The van der Waals surface area contributed by atoms with E-state index in [2.05, 4.69) is 29.7 Å². The van der Waals surface area contributed by atoms with Gasteiger partial charge in [-0.3, -0.25) is 4.79 Å². The number of hydrogen-bond donors (Lipinski definition) is 2. The van der Waals surface area contributed by atoms with Crippen molar-refractivity contribution in [1.29, 1.82) is 0 Å². The van der Waals surface area contributed by atoms with Gasteiger partial charge in [0.1, 0.15) is 0 Å². The molecule has 1 aromatic rings. The molecule has 0 spiro atoms. The van der Waals surface area contributed by atoms with Gasteiger partial charge in [-0.25, -0.2) is 0 Å². The van der Waals surface area contributed by atoms with Crippen LogP contribution >= 0.6 is 0 Å². The minimum absolute atomic E-state index is 0.200. The van der Waals surface area contributed by atoms with E-state index in [1.165, 1.54) is 18.4 Å². The van der Waals surface area contributed by atoms with Crippen molar-refractivity contribution in [2.24, 2.45) is 5.92 Å². The van der Waals surface area contributed by atoms with E-state index >= 15 is 0 Å². The van der Waals surface area contributed by atoms with Gasteiger partial charge in [0.05, 0.1) is 0 Å². The zero-order chi connectivity index (χ0) is 14.2. The van der Waals surface area contributed by atoms with E-state index < -0.39 is 0 Å². The number of carbonyl (C=O) groups excluding carboxylic acids is 1. The van der Waals surface area contributed by atoms with Crippen LogP contribution < -0.4 is 10.6 Å². The summed E-state index contributed by atoms with van der Waals surface area (Å²) in [5.41, 5.74) is 1.28. The largest absolute Gasteiger partial charge is 0.356 e. The summed E-state index contributed by atoms with van der Waals surface area (Å²) in [5, 5.41) is 6.43. The fourth-order valence-electron chi connectivity index (χ4n) is 2.76. The van der Waals surface area contributed by atoms with Gasteiger partial charge in [-0.2, -0.15) is 0 Å². The standard InChI is InChI=1S/C17H26N2O/c1-14(16-5-3-2-4-6-16)13-19-17(20)8-7-15-9-11-18-12-10-15/h2-6,14-15,18H,7-13H2,1H3,(H,19,20). The molecular formula is C17H26N2O. The van der Waals surface area contributed by atoms with E-state index in [4.69, 9.17) is 0 Å². The molecule has 0 radical (unpaired) electrons. The van der Waals surface area contributed by atoms with Crippen LogP contribution in [-0.4, -0.2) is 25.5 Å². The van der Waals surface area contributed by atoms with Gasteiger partial charge >= 0.3 is 0 Å². The van der Waals surface area contributed by atoms with Gasteiger partial charge < -0.3 is 10.6 Å². The second-order valence-corrected chi connectivity index (χ2v) is 5.85. The molecule has 3 nitrogen and oxygen atoms in total. The number of piperidine rings is 1. The molecule has 2 N–H and O–H groups in total. The highest BCUT2D eigenvalue weighted by atomic mass is 16.1. The lowest BCUT2D eigenvalue weighted by Gasteiger charge is -2.22. The molecule has 1 aliphatic heterocycles. The highest BCUT2D eigenvalue weighted by molar-refractivity contribution is 5.75. The van der Waals surface area contributed by atoms with E-state index in [1.807, 2.05) is 18.2 Å². The second kappa shape index (κ2) is 8.05. The summed E-state index contributed by atoms with van der Waals surface area (Å²) in [4.78, 5) is 11.9. The minimum Gasteiger partial charge on any atom is -0.356 e. The normalized spacial score (nSPS) is 17.6. The van der Waals surface area contributed by atoms with Crippen molar-refractivity contribution < 1.29 is 4.79 Å². The first kappa shape index (κ1) is 15.0. The third kappa shape index (κ3) is 4.97. The summed E-state index contributed by atoms with van der Waals surface area (Å²) in [6, 6.07) is 10.3. The topological polar surface area (TPSA) is 41.1 Å². The fraction of sp³-hybridized carbons (Fsp3) is 0.588. The Morgan fingerprint density at radius 1 is 1.30 bits per heavy atom. The molecule has 1 heterocycles. The molecule has 20 heavy (non-hydrogen) atoms. The average Bonchev–Trinajstić information content (AvgIpc) is 2.52. The molecule has 2 rings (SSSR count). The summed E-state index contributed by atoms with van der Waals surface area (Å²) in [6.07, 6.45) is 4.14. The van der Waals surface area contributed by atoms with Crippen molar-refractivity contribution in [3.63, 3.8) is 0 Å². The zero-order valence-corrected chi connectivity index (χ0v) is 12.4. The van der Waals surface area contributed by atoms with Crippen molar-refractivity contribution in [2.45, 2.75) is 38.5 Å². The van der Waals surface area contributed by atoms with Gasteiger partial charge in [0.2, 0.25) is 5.91 Å². The Morgan fingerprint density at radius 3 is 2.70 bits per heavy atom. The molecule has 0 aromatic heterocycles. The maximum Gasteiger partial charge on any atom is 0.220 e. The van der Waals surface area contributed by atoms with Crippen LogP contribution in [0.3, 0.4) is 0 Å². The Labute approximate surface area is 122 Å². The van der Waals surface area contributed by atoms with Crippen LogP contribution in [0.2, 0.25) is 0 Å². The third-order valence-electron chi connectivity index (χ3n) is 4.21. The molecule has 3 heteroatoms. The first-order valence-corrected chi connectivity index (χ1v) is 7.78. The van der Waals surface area contributed by atoms with Crippen molar-refractivity contribution in [3.05, 3.63) is 35.9 Å². The lowest BCUT2D eigenvalue weighted by atomic mass is 9.93. The highest BCUT2D eigenvalue weighted by Gasteiger charge is 2.14. The summed E-state index contributed by atoms with van der Waals surface area (Å²) >= 11 is 0. The van der Waals surface area contributed by atoms with E-state index in [9.17, 15) is 4.79 Å². The fourth-order valence-corrected chi connectivity index (χ4v) is 2.76. The van der Waals surface area contributed by atoms with Gasteiger partial charge in [0, 0.05) is 13.0 Å². The summed E-state index contributed by atoms with van der Waals surface area (Å²) < 4.78 is 0. The van der Waals surface area contributed by atoms with E-state index in [0.29, 0.717) is 12.3 Å². The van der Waals surface area contributed by atoms with Crippen molar-refractivity contribution >= 4 is 5.91 Å². The SMILES string of the molecule is CC(CNC(=O)CCC1CCNCC1)c1ccccc1. The van der Waals surface area contributed by atoms with E-state index in [1.54, 1.807) is 0 Å². The van der Waals surface area contributed by atoms with E-state index in [0.717, 1.165) is 32.0 Å². The molecule has 1 unspecified atom stereocenters. The lowest BCUT2D eigenvalue weighted by Crippen LogP contribution is -2.30. The molecule has 1 aromatic carbocycles. The Bertz CT molecular complexity index is 399. The van der Waals surface area contributed by atoms with Crippen molar-refractivity contribution in [1.82, 2.24) is 10.6 Å². The maximum atomic E-state index is 11.9. The second-order valence-electron chi connectivity index (χ2n) is 5.85. The number of benzene rings is 1. The number of rotatable bonds is 6. The smallest absolute Gasteiger partial charge is 0.220 e. The number of carbonyl (C=O) groups is 1. The van der Waals surface area contributed by atoms with Gasteiger partial charge in [0.15, 0.2) is 0 Å². The summed E-state index contributed by atoms with van der Waals surface area (Å²) in [6.45, 7) is 5.10. The molecule has 1 aliphatic rings. The number of amides is 1. The molecule has 0 aliphatic carbocycles. The Balaban J connectivity index is 1.64. The monoisotopic (exact) mass is 274 g/mol. The average molecular weight is 274 g/mol. The highest BCUT2D eigenvalue weighted by Crippen LogP contribution is 2.18. The van der Waals surface area contributed by atoms with Gasteiger partial charge in [-0.1, -0.05) is 37.3 Å². The maximum absolute atomic E-state index is 11.9. The van der Waals surface area contributed by atoms with Crippen LogP contribution in [0.15, 0.2) is 30.3 Å². The first-order chi connectivity index (χ1) is 9.75. The molecule has 1 atom stereocenters. The first-order valence-electron chi connectivity index (χ1n) is 7.78. The lowest BCUT2D eigenvalue weighted by molar-refractivity contribution is -0.121. The summed E-state index contributed by atoms with van der Waals surface area (Å²) in [7, 11) is 0. The molecule has 110 valence electrons. The van der Waals surface area contributed by atoms with Crippen LogP contribution in [0, 0.1) is 5.92 Å². The number of nitrogens with one attached hydrogen (secondary N) is 2. The molecule has 0 saturated carbocycles. The molecule has 1 saturated heterocycles. The van der Waals surface area contributed by atoms with Crippen LogP contribution in [0.5, 0.6) is 0 Å². The number of hydrogen-bond acceptors (Lipinski definition) is 2. The van der Waals surface area contributed by atoms with Crippen LogP contribution in [0.1, 0.15) is 44.1 Å². The van der Waals surface area contributed by atoms with Gasteiger partial charge in [-0.15, -0.1) is 0 Å². The Kier molecular flexibility index (Phi) is 6.06. The van der Waals surface area contributed by atoms with Gasteiger partial charge in [-0.05, 0) is 49.8 Å². The van der Waals surface area contributed by atoms with Gasteiger partial charge in [0.25, 0.3) is 0 Å². The quantitative estimate of drug-likeness (QED) is 0.837. The summed E-state index contributed by atoms with van der Waals surface area (Å²) in [5.74, 6) is 1.30. The molecule has 1 amide bonds. The van der Waals surface area contributed by atoms with Crippen LogP contribution in [0.4, 0.5) is 0 Å². The predicted molar refractivity (Wildman–Crippen MR) is 82.7 cm³/mol. The Hall–Kier alpha value is -1.35. The Morgan fingerprint density at radius 2 is 2.00 bits per heavy atom. The van der Waals surface area contributed by atoms with Crippen LogP contribution in [-0.2, 0) is 4.79 Å². The third-order valence-corrected chi connectivity index (χ3v) is 4.21. The van der Waals surface area contributed by atoms with Crippen LogP contribution in [0.25, 0.3) is 0 Å². The molecule has 1 fully saturated rings. The zero-order valence-electron chi connectivity index (χ0n) is 12.4. The minimum atomic E-state index is 0.200. The predicted octanol–water partition coefficient (Wildman–Crippen LogP) is 2.69. The molecule has 0 bridgehead atoms. The van der Waals surface area contributed by atoms with E-state index in [-0.39, 0.29) is 5.91 Å².